The Bertz CT molecular complexity index is 332. The molecule has 0 spiro atoms. The minimum Gasteiger partial charge on any atom is -0.393 e. The highest BCUT2D eigenvalue weighted by molar-refractivity contribution is 5.93. The minimum absolute atomic E-state index is 0.00926. The number of aliphatic hydroxyl groups is 1. The molecule has 0 saturated carbocycles. The zero-order valence-corrected chi connectivity index (χ0v) is 8.47. The first-order valence-electron chi connectivity index (χ1n) is 5.15. The molecule has 80 valence electrons. The van der Waals surface area contributed by atoms with Crippen LogP contribution in [0.2, 0.25) is 0 Å². The fraction of sp³-hybridized carbons (Fsp3) is 0.455. The summed E-state index contributed by atoms with van der Waals surface area (Å²) in [6, 6.07) is 3.52. The second-order valence-corrected chi connectivity index (χ2v) is 3.77. The van der Waals surface area contributed by atoms with E-state index in [4.69, 9.17) is 0 Å². The summed E-state index contributed by atoms with van der Waals surface area (Å²) in [5.41, 5.74) is 0.619. The van der Waals surface area contributed by atoms with Gasteiger partial charge in [0.05, 0.1) is 11.7 Å². The molecule has 2 rings (SSSR count). The Hall–Kier alpha value is -1.42. The highest BCUT2D eigenvalue weighted by Gasteiger charge is 2.21. The predicted octanol–water partition coefficient (Wildman–Crippen LogP) is 0.678. The van der Waals surface area contributed by atoms with Crippen LogP contribution in [-0.2, 0) is 0 Å². The highest BCUT2D eigenvalue weighted by atomic mass is 16.3. The SMILES string of the molecule is O=C(c1cccnc1)N1CCC(O)CC1. The largest absolute Gasteiger partial charge is 0.393 e. The third-order valence-corrected chi connectivity index (χ3v) is 2.66. The van der Waals surface area contributed by atoms with Crippen molar-refractivity contribution >= 4 is 5.91 Å². The summed E-state index contributed by atoms with van der Waals surface area (Å²) in [7, 11) is 0. The third-order valence-electron chi connectivity index (χ3n) is 2.66. The van der Waals surface area contributed by atoms with E-state index in [1.54, 1.807) is 29.4 Å². The van der Waals surface area contributed by atoms with Gasteiger partial charge in [-0.2, -0.15) is 0 Å². The summed E-state index contributed by atoms with van der Waals surface area (Å²) in [4.78, 5) is 17.6. The van der Waals surface area contributed by atoms with Crippen LogP contribution in [0.1, 0.15) is 23.2 Å². The topological polar surface area (TPSA) is 53.4 Å². The Morgan fingerprint density at radius 2 is 2.20 bits per heavy atom. The van der Waals surface area contributed by atoms with E-state index in [9.17, 15) is 9.90 Å². The van der Waals surface area contributed by atoms with Gasteiger partial charge >= 0.3 is 0 Å². The second kappa shape index (κ2) is 4.40. The van der Waals surface area contributed by atoms with Crippen LogP contribution in [0.15, 0.2) is 24.5 Å². The molecule has 0 aromatic carbocycles. The monoisotopic (exact) mass is 206 g/mol. The lowest BCUT2D eigenvalue weighted by molar-refractivity contribution is 0.0546. The summed E-state index contributed by atoms with van der Waals surface area (Å²) in [6.07, 6.45) is 4.32. The Morgan fingerprint density at radius 1 is 1.47 bits per heavy atom. The molecular weight excluding hydrogens is 192 g/mol. The van der Waals surface area contributed by atoms with E-state index in [1.807, 2.05) is 0 Å². The smallest absolute Gasteiger partial charge is 0.255 e. The molecule has 1 amide bonds. The number of pyridine rings is 1. The standard InChI is InChI=1S/C11H14N2O2/c14-10-3-6-13(7-4-10)11(15)9-2-1-5-12-8-9/h1-2,5,8,10,14H,3-4,6-7H2. The average molecular weight is 206 g/mol. The number of rotatable bonds is 1. The number of aliphatic hydroxyl groups excluding tert-OH is 1. The fourth-order valence-corrected chi connectivity index (χ4v) is 1.74. The Kier molecular flexibility index (Phi) is 2.97. The maximum Gasteiger partial charge on any atom is 0.255 e. The maximum atomic E-state index is 11.9. The number of carbonyl (C=O) groups excluding carboxylic acids is 1. The number of nitrogens with zero attached hydrogens (tertiary/aromatic N) is 2. The van der Waals surface area contributed by atoms with Gasteiger partial charge in [-0.3, -0.25) is 9.78 Å². The molecule has 0 unspecified atom stereocenters. The summed E-state index contributed by atoms with van der Waals surface area (Å²) in [6.45, 7) is 1.27. The van der Waals surface area contributed by atoms with E-state index in [1.165, 1.54) is 0 Å². The summed E-state index contributed by atoms with van der Waals surface area (Å²) in [5, 5.41) is 9.33. The Balaban J connectivity index is 2.03. The number of hydrogen-bond donors (Lipinski definition) is 1. The van der Waals surface area contributed by atoms with Crippen molar-refractivity contribution in [3.63, 3.8) is 0 Å². The molecule has 0 aliphatic carbocycles. The van der Waals surface area contributed by atoms with E-state index in [0.717, 1.165) is 0 Å². The van der Waals surface area contributed by atoms with Gasteiger partial charge in [-0.1, -0.05) is 0 Å². The number of hydrogen-bond acceptors (Lipinski definition) is 3. The maximum absolute atomic E-state index is 11.9. The van der Waals surface area contributed by atoms with Crippen molar-refractivity contribution in [2.45, 2.75) is 18.9 Å². The van der Waals surface area contributed by atoms with E-state index in [2.05, 4.69) is 4.98 Å². The molecule has 0 radical (unpaired) electrons. The van der Waals surface area contributed by atoms with Crippen molar-refractivity contribution in [1.82, 2.24) is 9.88 Å². The molecule has 4 nitrogen and oxygen atoms in total. The molecule has 1 aromatic heterocycles. The van der Waals surface area contributed by atoms with Gasteiger partial charge in [0.2, 0.25) is 0 Å². The van der Waals surface area contributed by atoms with Crippen molar-refractivity contribution in [3.8, 4) is 0 Å². The van der Waals surface area contributed by atoms with Gasteiger partial charge < -0.3 is 10.0 Å². The first-order chi connectivity index (χ1) is 7.27. The number of aromatic nitrogens is 1. The van der Waals surface area contributed by atoms with Crippen molar-refractivity contribution in [2.24, 2.45) is 0 Å². The minimum atomic E-state index is -0.247. The molecule has 4 heteroatoms. The Morgan fingerprint density at radius 3 is 2.80 bits per heavy atom. The van der Waals surface area contributed by atoms with Crippen LogP contribution in [0.3, 0.4) is 0 Å². The van der Waals surface area contributed by atoms with Crippen LogP contribution in [0.5, 0.6) is 0 Å². The van der Waals surface area contributed by atoms with Gasteiger partial charge in [0.25, 0.3) is 5.91 Å². The summed E-state index contributed by atoms with van der Waals surface area (Å²) < 4.78 is 0. The van der Waals surface area contributed by atoms with Crippen LogP contribution in [0, 0.1) is 0 Å². The highest BCUT2D eigenvalue weighted by Crippen LogP contribution is 2.12. The van der Waals surface area contributed by atoms with Crippen molar-refractivity contribution in [3.05, 3.63) is 30.1 Å². The molecule has 15 heavy (non-hydrogen) atoms. The molecule has 2 heterocycles. The number of likely N-dealkylation sites (tertiary alicyclic amines) is 1. The van der Waals surface area contributed by atoms with E-state index < -0.39 is 0 Å². The molecule has 0 atom stereocenters. The van der Waals surface area contributed by atoms with Gasteiger partial charge in [-0.15, -0.1) is 0 Å². The van der Waals surface area contributed by atoms with Gasteiger partial charge in [-0.05, 0) is 25.0 Å². The molecule has 0 bridgehead atoms. The summed E-state index contributed by atoms with van der Waals surface area (Å²) >= 11 is 0. The van der Waals surface area contributed by atoms with E-state index >= 15 is 0 Å². The van der Waals surface area contributed by atoms with Gasteiger partial charge in [0, 0.05) is 25.5 Å². The lowest BCUT2D eigenvalue weighted by Gasteiger charge is -2.29. The van der Waals surface area contributed by atoms with Crippen molar-refractivity contribution in [2.75, 3.05) is 13.1 Å². The second-order valence-electron chi connectivity index (χ2n) is 3.77. The average Bonchev–Trinajstić information content (AvgIpc) is 2.30. The van der Waals surface area contributed by atoms with Crippen LogP contribution < -0.4 is 0 Å². The van der Waals surface area contributed by atoms with E-state index in [-0.39, 0.29) is 12.0 Å². The molecule has 1 N–H and O–H groups in total. The van der Waals surface area contributed by atoms with Gasteiger partial charge in [-0.25, -0.2) is 0 Å². The number of carbonyl (C=O) groups is 1. The molecule has 1 aliphatic rings. The normalized spacial score (nSPS) is 17.8. The van der Waals surface area contributed by atoms with Gasteiger partial charge in [0.1, 0.15) is 0 Å². The first-order valence-corrected chi connectivity index (χ1v) is 5.15. The predicted molar refractivity (Wildman–Crippen MR) is 55.4 cm³/mol. The molecular formula is C11H14N2O2. The van der Waals surface area contributed by atoms with Crippen LogP contribution in [0.4, 0.5) is 0 Å². The quantitative estimate of drug-likeness (QED) is 0.735. The molecule has 1 saturated heterocycles. The van der Waals surface area contributed by atoms with E-state index in [0.29, 0.717) is 31.5 Å². The van der Waals surface area contributed by atoms with Crippen molar-refractivity contribution in [1.29, 1.82) is 0 Å². The first kappa shape index (κ1) is 10.1. The molecule has 1 aliphatic heterocycles. The molecule has 1 fully saturated rings. The third kappa shape index (κ3) is 2.33. The number of piperidine rings is 1. The lowest BCUT2D eigenvalue weighted by Crippen LogP contribution is -2.40. The zero-order chi connectivity index (χ0) is 10.7. The van der Waals surface area contributed by atoms with Crippen LogP contribution in [-0.4, -0.2) is 40.1 Å². The molecule has 1 aromatic rings. The summed E-state index contributed by atoms with van der Waals surface area (Å²) in [5.74, 6) is 0.00926. The van der Waals surface area contributed by atoms with Crippen molar-refractivity contribution < 1.29 is 9.90 Å². The van der Waals surface area contributed by atoms with Gasteiger partial charge in [0.15, 0.2) is 0 Å². The van der Waals surface area contributed by atoms with Crippen LogP contribution in [0.25, 0.3) is 0 Å². The Labute approximate surface area is 88.6 Å². The number of amides is 1. The lowest BCUT2D eigenvalue weighted by atomic mass is 10.1. The van der Waals surface area contributed by atoms with Crippen LogP contribution >= 0.6 is 0 Å². The fourth-order valence-electron chi connectivity index (χ4n) is 1.74. The zero-order valence-electron chi connectivity index (χ0n) is 8.47.